The van der Waals surface area contributed by atoms with Gasteiger partial charge in [0, 0.05) is 31.6 Å². The first kappa shape index (κ1) is 17.5. The highest BCUT2D eigenvalue weighted by atomic mass is 19.1. The highest BCUT2D eigenvalue weighted by molar-refractivity contribution is 5.82. The molecular weight excluding hydrogens is 341 g/mol. The van der Waals surface area contributed by atoms with E-state index < -0.39 is 0 Å². The summed E-state index contributed by atoms with van der Waals surface area (Å²) in [5.41, 5.74) is 2.99. The van der Waals surface area contributed by atoms with Gasteiger partial charge in [0.25, 0.3) is 0 Å². The number of amides is 1. The first-order valence-electron chi connectivity index (χ1n) is 9.24. The number of piperazine rings is 1. The fourth-order valence-corrected chi connectivity index (χ4v) is 3.59. The van der Waals surface area contributed by atoms with Crippen molar-refractivity contribution in [2.45, 2.75) is 13.3 Å². The number of pyridine rings is 1. The molecule has 0 spiro atoms. The summed E-state index contributed by atoms with van der Waals surface area (Å²) in [4.78, 5) is 21.5. The molecule has 3 aromatic rings. The predicted molar refractivity (Wildman–Crippen MR) is 105 cm³/mol. The van der Waals surface area contributed by atoms with Gasteiger partial charge in [0.15, 0.2) is 0 Å². The van der Waals surface area contributed by atoms with Crippen molar-refractivity contribution in [2.24, 2.45) is 0 Å². The first-order chi connectivity index (χ1) is 13.1. The van der Waals surface area contributed by atoms with Crippen LogP contribution in [0, 0.1) is 12.7 Å². The molecule has 2 heterocycles. The molecule has 0 atom stereocenters. The number of anilines is 1. The number of para-hydroxylation sites is 1. The van der Waals surface area contributed by atoms with Gasteiger partial charge in [-0.05, 0) is 42.3 Å². The number of fused-ring (bicyclic) bond motifs is 1. The summed E-state index contributed by atoms with van der Waals surface area (Å²) in [6.07, 6.45) is 0.313. The second kappa shape index (κ2) is 7.35. The van der Waals surface area contributed by atoms with E-state index in [4.69, 9.17) is 4.98 Å². The predicted octanol–water partition coefficient (Wildman–Crippen LogP) is 3.57. The summed E-state index contributed by atoms with van der Waals surface area (Å²) in [7, 11) is 0. The monoisotopic (exact) mass is 363 g/mol. The van der Waals surface area contributed by atoms with Crippen LogP contribution in [-0.2, 0) is 11.2 Å². The number of aryl methyl sites for hydroxylation is 1. The van der Waals surface area contributed by atoms with Crippen LogP contribution in [0.25, 0.3) is 10.9 Å². The normalized spacial score (nSPS) is 14.6. The lowest BCUT2D eigenvalue weighted by molar-refractivity contribution is -0.130. The molecule has 0 N–H and O–H groups in total. The minimum atomic E-state index is -0.280. The van der Waals surface area contributed by atoms with Crippen LogP contribution < -0.4 is 4.90 Å². The van der Waals surface area contributed by atoms with E-state index in [2.05, 4.69) is 24.0 Å². The van der Waals surface area contributed by atoms with Gasteiger partial charge in [0.05, 0.1) is 11.9 Å². The van der Waals surface area contributed by atoms with Gasteiger partial charge in [0.2, 0.25) is 5.91 Å². The Labute approximate surface area is 158 Å². The average molecular weight is 363 g/mol. The van der Waals surface area contributed by atoms with Crippen molar-refractivity contribution in [3.05, 3.63) is 71.5 Å². The molecule has 0 radical (unpaired) electrons. The van der Waals surface area contributed by atoms with Crippen LogP contribution in [0.15, 0.2) is 54.6 Å². The van der Waals surface area contributed by atoms with Gasteiger partial charge in [-0.25, -0.2) is 9.37 Å². The molecule has 138 valence electrons. The van der Waals surface area contributed by atoms with Gasteiger partial charge in [-0.1, -0.05) is 30.3 Å². The Morgan fingerprint density at radius 3 is 2.48 bits per heavy atom. The van der Waals surface area contributed by atoms with Crippen LogP contribution in [0.2, 0.25) is 0 Å². The van der Waals surface area contributed by atoms with Crippen LogP contribution in [-0.4, -0.2) is 42.0 Å². The smallest absolute Gasteiger partial charge is 0.227 e. The minimum Gasteiger partial charge on any atom is -0.353 e. The van der Waals surface area contributed by atoms with Gasteiger partial charge in [-0.3, -0.25) is 4.79 Å². The molecule has 0 saturated carbocycles. The van der Waals surface area contributed by atoms with Crippen molar-refractivity contribution in [1.29, 1.82) is 0 Å². The van der Waals surface area contributed by atoms with E-state index in [1.165, 1.54) is 12.1 Å². The Hall–Kier alpha value is -2.95. The number of nitrogens with zero attached hydrogens (tertiary/aromatic N) is 3. The zero-order valence-electron chi connectivity index (χ0n) is 15.4. The number of halogens is 1. The van der Waals surface area contributed by atoms with E-state index >= 15 is 0 Å². The van der Waals surface area contributed by atoms with Crippen molar-refractivity contribution in [1.82, 2.24) is 9.88 Å². The Bertz CT molecular complexity index is 963. The van der Waals surface area contributed by atoms with E-state index in [0.717, 1.165) is 40.9 Å². The molecule has 5 heteroatoms. The molecule has 1 saturated heterocycles. The van der Waals surface area contributed by atoms with Gasteiger partial charge < -0.3 is 9.80 Å². The molecule has 4 nitrogen and oxygen atoms in total. The van der Waals surface area contributed by atoms with E-state index in [9.17, 15) is 9.18 Å². The maximum absolute atomic E-state index is 13.0. The number of carbonyl (C=O) groups excluding carboxylic acids is 1. The standard InChI is InChI=1S/C22H22FN3O/c1-16-14-18-4-2-3-5-20(18)24-22(16)26-12-10-25(11-13-26)21(27)15-17-6-8-19(23)9-7-17/h2-9,14H,10-13,15H2,1H3. The van der Waals surface area contributed by atoms with E-state index in [1.807, 2.05) is 23.1 Å². The topological polar surface area (TPSA) is 36.4 Å². The van der Waals surface area contributed by atoms with Crippen molar-refractivity contribution >= 4 is 22.6 Å². The zero-order valence-corrected chi connectivity index (χ0v) is 15.4. The largest absolute Gasteiger partial charge is 0.353 e. The van der Waals surface area contributed by atoms with Crippen molar-refractivity contribution in [2.75, 3.05) is 31.1 Å². The average Bonchev–Trinajstić information content (AvgIpc) is 2.69. The number of hydrogen-bond donors (Lipinski definition) is 0. The third-order valence-corrected chi connectivity index (χ3v) is 5.09. The van der Waals surface area contributed by atoms with E-state index in [0.29, 0.717) is 19.5 Å². The Morgan fingerprint density at radius 1 is 1.04 bits per heavy atom. The van der Waals surface area contributed by atoms with E-state index in [-0.39, 0.29) is 11.7 Å². The van der Waals surface area contributed by atoms with Crippen LogP contribution in [0.4, 0.5) is 10.2 Å². The van der Waals surface area contributed by atoms with Gasteiger partial charge in [0.1, 0.15) is 11.6 Å². The molecule has 4 rings (SSSR count). The fourth-order valence-electron chi connectivity index (χ4n) is 3.59. The molecule has 1 aromatic heterocycles. The van der Waals surface area contributed by atoms with Crippen molar-refractivity contribution in [3.8, 4) is 0 Å². The Morgan fingerprint density at radius 2 is 1.74 bits per heavy atom. The second-order valence-corrected chi connectivity index (χ2v) is 6.99. The molecule has 1 fully saturated rings. The lowest BCUT2D eigenvalue weighted by Gasteiger charge is -2.36. The fraction of sp³-hybridized carbons (Fsp3) is 0.273. The number of aromatic nitrogens is 1. The second-order valence-electron chi connectivity index (χ2n) is 6.99. The molecule has 1 aliphatic rings. The van der Waals surface area contributed by atoms with Gasteiger partial charge >= 0.3 is 0 Å². The SMILES string of the molecule is Cc1cc2ccccc2nc1N1CCN(C(=O)Cc2ccc(F)cc2)CC1. The lowest BCUT2D eigenvalue weighted by Crippen LogP contribution is -2.49. The summed E-state index contributed by atoms with van der Waals surface area (Å²) >= 11 is 0. The Kier molecular flexibility index (Phi) is 4.75. The summed E-state index contributed by atoms with van der Waals surface area (Å²) < 4.78 is 13.0. The van der Waals surface area contributed by atoms with Crippen molar-refractivity contribution < 1.29 is 9.18 Å². The van der Waals surface area contributed by atoms with Crippen LogP contribution >= 0.6 is 0 Å². The molecule has 0 bridgehead atoms. The highest BCUT2D eigenvalue weighted by Crippen LogP contribution is 2.24. The lowest BCUT2D eigenvalue weighted by atomic mass is 10.1. The van der Waals surface area contributed by atoms with Crippen LogP contribution in [0.1, 0.15) is 11.1 Å². The maximum atomic E-state index is 13.0. The third kappa shape index (κ3) is 3.77. The van der Waals surface area contributed by atoms with Crippen molar-refractivity contribution in [3.63, 3.8) is 0 Å². The summed E-state index contributed by atoms with van der Waals surface area (Å²) in [5.74, 6) is 0.807. The van der Waals surface area contributed by atoms with Gasteiger partial charge in [-0.2, -0.15) is 0 Å². The maximum Gasteiger partial charge on any atom is 0.227 e. The molecule has 0 aliphatic carbocycles. The Balaban J connectivity index is 1.42. The molecule has 2 aromatic carbocycles. The number of carbonyl (C=O) groups is 1. The summed E-state index contributed by atoms with van der Waals surface area (Å²) in [6, 6.07) is 16.4. The van der Waals surface area contributed by atoms with E-state index in [1.54, 1.807) is 12.1 Å². The van der Waals surface area contributed by atoms with Crippen LogP contribution in [0.3, 0.4) is 0 Å². The highest BCUT2D eigenvalue weighted by Gasteiger charge is 2.23. The summed E-state index contributed by atoms with van der Waals surface area (Å²) in [6.45, 7) is 4.96. The van der Waals surface area contributed by atoms with Crippen LogP contribution in [0.5, 0.6) is 0 Å². The minimum absolute atomic E-state index is 0.0875. The van der Waals surface area contributed by atoms with Gasteiger partial charge in [-0.15, -0.1) is 0 Å². The summed E-state index contributed by atoms with van der Waals surface area (Å²) in [5, 5.41) is 1.15. The number of rotatable bonds is 3. The molecule has 0 unspecified atom stereocenters. The molecular formula is C22H22FN3O. The third-order valence-electron chi connectivity index (χ3n) is 5.09. The molecule has 1 aliphatic heterocycles. The molecule has 1 amide bonds. The first-order valence-corrected chi connectivity index (χ1v) is 9.24. The molecule has 27 heavy (non-hydrogen) atoms. The quantitative estimate of drug-likeness (QED) is 0.714. The zero-order chi connectivity index (χ0) is 18.8. The number of benzene rings is 2. The number of hydrogen-bond acceptors (Lipinski definition) is 3.